The minimum absolute atomic E-state index is 0.242. The van der Waals surface area contributed by atoms with E-state index in [2.05, 4.69) is 30.8 Å². The first-order valence-electron chi connectivity index (χ1n) is 10.8. The van der Waals surface area contributed by atoms with Crippen molar-refractivity contribution in [2.24, 2.45) is 5.73 Å². The van der Waals surface area contributed by atoms with E-state index >= 15 is 0 Å². The monoisotopic (exact) mass is 449 g/mol. The Balaban J connectivity index is 1.33. The minimum atomic E-state index is -0.535. The van der Waals surface area contributed by atoms with Gasteiger partial charge in [-0.25, -0.2) is 14.8 Å². The maximum atomic E-state index is 12.2. The molecule has 5 N–H and O–H groups in total. The molecule has 3 aromatic rings. The molecule has 0 radical (unpaired) electrons. The lowest BCUT2D eigenvalue weighted by Gasteiger charge is -2.26. The number of carbonyl (C=O) groups excluding carboxylic acids is 2. The predicted octanol–water partition coefficient (Wildman–Crippen LogP) is 1.79. The van der Waals surface area contributed by atoms with Gasteiger partial charge in [-0.05, 0) is 29.8 Å². The summed E-state index contributed by atoms with van der Waals surface area (Å²) >= 11 is 0. The number of urea groups is 1. The van der Waals surface area contributed by atoms with Gasteiger partial charge in [-0.2, -0.15) is 0 Å². The Hall–Kier alpha value is -3.76. The zero-order valence-electron chi connectivity index (χ0n) is 18.2. The van der Waals surface area contributed by atoms with E-state index in [0.717, 1.165) is 38.4 Å². The number of anilines is 2. The number of amides is 3. The summed E-state index contributed by atoms with van der Waals surface area (Å²) in [6.45, 7) is 5.11. The maximum absolute atomic E-state index is 12.2. The van der Waals surface area contributed by atoms with Crippen LogP contribution in [-0.2, 0) is 11.3 Å². The van der Waals surface area contributed by atoms with Crippen molar-refractivity contribution in [3.05, 3.63) is 59.9 Å². The second kappa shape index (κ2) is 10.7. The third-order valence-electron chi connectivity index (χ3n) is 5.39. The molecule has 0 saturated carbocycles. The lowest BCUT2D eigenvalue weighted by molar-refractivity contribution is 0.0388. The summed E-state index contributed by atoms with van der Waals surface area (Å²) in [4.78, 5) is 34.7. The number of hydrogen-bond acceptors (Lipinski definition) is 7. The van der Waals surface area contributed by atoms with E-state index in [-0.39, 0.29) is 6.03 Å². The van der Waals surface area contributed by atoms with Crippen LogP contribution in [0.1, 0.15) is 15.9 Å². The molecule has 4 rings (SSSR count). The fourth-order valence-electron chi connectivity index (χ4n) is 3.70. The van der Waals surface area contributed by atoms with Crippen molar-refractivity contribution < 1.29 is 14.3 Å². The first-order valence-corrected chi connectivity index (χ1v) is 10.8. The van der Waals surface area contributed by atoms with Gasteiger partial charge in [0.25, 0.3) is 5.91 Å². The summed E-state index contributed by atoms with van der Waals surface area (Å²) in [5, 5.41) is 9.74. The van der Waals surface area contributed by atoms with Gasteiger partial charge in [0.05, 0.1) is 24.3 Å². The van der Waals surface area contributed by atoms with E-state index in [9.17, 15) is 9.59 Å². The van der Waals surface area contributed by atoms with Crippen LogP contribution >= 0.6 is 0 Å². The van der Waals surface area contributed by atoms with E-state index in [1.165, 1.54) is 6.33 Å². The molecule has 1 fully saturated rings. The number of ether oxygens (including phenoxy) is 1. The van der Waals surface area contributed by atoms with E-state index < -0.39 is 5.91 Å². The number of carbonyl (C=O) groups is 2. The Bertz CT molecular complexity index is 1130. The van der Waals surface area contributed by atoms with Crippen LogP contribution in [0.25, 0.3) is 10.9 Å². The molecule has 2 aromatic carbocycles. The van der Waals surface area contributed by atoms with E-state index in [4.69, 9.17) is 10.5 Å². The van der Waals surface area contributed by atoms with Crippen molar-refractivity contribution in [1.82, 2.24) is 20.2 Å². The molecule has 0 bridgehead atoms. The molecule has 1 saturated heterocycles. The fourth-order valence-corrected chi connectivity index (χ4v) is 3.70. The number of hydrogen-bond donors (Lipinski definition) is 4. The van der Waals surface area contributed by atoms with Crippen LogP contribution in [0.5, 0.6) is 0 Å². The topological polar surface area (TPSA) is 134 Å². The molecule has 10 heteroatoms. The third kappa shape index (κ3) is 5.93. The zero-order chi connectivity index (χ0) is 23.0. The normalized spacial score (nSPS) is 14.1. The molecule has 0 unspecified atom stereocenters. The van der Waals surface area contributed by atoms with Gasteiger partial charge in [-0.3, -0.25) is 9.69 Å². The van der Waals surface area contributed by atoms with Crippen molar-refractivity contribution in [3.63, 3.8) is 0 Å². The van der Waals surface area contributed by atoms with E-state index in [1.807, 2.05) is 30.3 Å². The van der Waals surface area contributed by atoms with E-state index in [0.29, 0.717) is 41.1 Å². The lowest BCUT2D eigenvalue weighted by Crippen LogP contribution is -2.42. The Morgan fingerprint density at radius 3 is 2.73 bits per heavy atom. The molecular weight excluding hydrogens is 422 g/mol. The van der Waals surface area contributed by atoms with Gasteiger partial charge in [-0.1, -0.05) is 18.2 Å². The molecule has 10 nitrogen and oxygen atoms in total. The van der Waals surface area contributed by atoms with Gasteiger partial charge in [0.15, 0.2) is 0 Å². The number of fused-ring (bicyclic) bond motifs is 1. The van der Waals surface area contributed by atoms with Crippen LogP contribution in [0, 0.1) is 0 Å². The standard InChI is InChI=1S/C23H27N7O3/c24-21(31)18-5-2-6-19-20(18)27-15-28-22(19)26-14-16-3-1-4-17(13-16)29-23(32)25-7-8-30-9-11-33-12-10-30/h1-6,13,15H,7-12,14H2,(H2,24,31)(H2,25,29,32)(H,26,27,28). The highest BCUT2D eigenvalue weighted by Gasteiger charge is 2.12. The number of morpholine rings is 1. The molecule has 1 aliphatic rings. The summed E-state index contributed by atoms with van der Waals surface area (Å²) in [6.07, 6.45) is 1.40. The average molecular weight is 450 g/mol. The fraction of sp³-hybridized carbons (Fsp3) is 0.304. The maximum Gasteiger partial charge on any atom is 0.319 e. The van der Waals surface area contributed by atoms with Crippen molar-refractivity contribution >= 4 is 34.3 Å². The number of nitrogens with zero attached hydrogens (tertiary/aromatic N) is 3. The first-order chi connectivity index (χ1) is 16.1. The second-order valence-corrected chi connectivity index (χ2v) is 7.68. The molecular formula is C23H27N7O3. The van der Waals surface area contributed by atoms with Crippen LogP contribution in [0.3, 0.4) is 0 Å². The van der Waals surface area contributed by atoms with Gasteiger partial charge >= 0.3 is 6.03 Å². The summed E-state index contributed by atoms with van der Waals surface area (Å²) in [5.74, 6) is 0.0644. The molecule has 2 heterocycles. The van der Waals surface area contributed by atoms with Crippen LogP contribution in [0.4, 0.5) is 16.3 Å². The number of nitrogens with two attached hydrogens (primary N) is 1. The lowest BCUT2D eigenvalue weighted by atomic mass is 10.1. The first kappa shape index (κ1) is 22.4. The van der Waals surface area contributed by atoms with Crippen LogP contribution in [0.2, 0.25) is 0 Å². The minimum Gasteiger partial charge on any atom is -0.379 e. The quantitative estimate of drug-likeness (QED) is 0.412. The molecule has 3 amide bonds. The molecule has 1 aliphatic heterocycles. The number of benzene rings is 2. The number of primary amides is 1. The summed E-state index contributed by atoms with van der Waals surface area (Å²) < 4.78 is 5.33. The van der Waals surface area contributed by atoms with Crippen LogP contribution in [0.15, 0.2) is 48.8 Å². The van der Waals surface area contributed by atoms with Gasteiger partial charge in [-0.15, -0.1) is 0 Å². The zero-order valence-corrected chi connectivity index (χ0v) is 18.2. The number of rotatable bonds is 8. The Labute approximate surface area is 191 Å². The molecule has 0 aliphatic carbocycles. The third-order valence-corrected chi connectivity index (χ3v) is 5.39. The highest BCUT2D eigenvalue weighted by molar-refractivity contribution is 6.06. The molecule has 0 atom stereocenters. The van der Waals surface area contributed by atoms with Crippen LogP contribution in [-0.4, -0.2) is 66.2 Å². The van der Waals surface area contributed by atoms with Gasteiger partial charge < -0.3 is 26.4 Å². The highest BCUT2D eigenvalue weighted by Crippen LogP contribution is 2.23. The van der Waals surface area contributed by atoms with Gasteiger partial charge in [0.2, 0.25) is 0 Å². The molecule has 1 aromatic heterocycles. The Kier molecular flexibility index (Phi) is 7.28. The molecule has 0 spiro atoms. The summed E-state index contributed by atoms with van der Waals surface area (Å²) in [6, 6.07) is 12.5. The van der Waals surface area contributed by atoms with Gasteiger partial charge in [0.1, 0.15) is 12.1 Å². The predicted molar refractivity (Wildman–Crippen MR) is 126 cm³/mol. The SMILES string of the molecule is NC(=O)c1cccc2c(NCc3cccc(NC(=O)NCCN4CCOCC4)c3)ncnc12. The average Bonchev–Trinajstić information content (AvgIpc) is 2.83. The Morgan fingerprint density at radius 1 is 1.09 bits per heavy atom. The van der Waals surface area contributed by atoms with Crippen molar-refractivity contribution in [1.29, 1.82) is 0 Å². The highest BCUT2D eigenvalue weighted by atomic mass is 16.5. The van der Waals surface area contributed by atoms with Gasteiger partial charge in [0, 0.05) is 43.8 Å². The smallest absolute Gasteiger partial charge is 0.319 e. The second-order valence-electron chi connectivity index (χ2n) is 7.68. The summed E-state index contributed by atoms with van der Waals surface area (Å²) in [7, 11) is 0. The Morgan fingerprint density at radius 2 is 1.91 bits per heavy atom. The number of nitrogens with one attached hydrogen (secondary N) is 3. The molecule has 33 heavy (non-hydrogen) atoms. The van der Waals surface area contributed by atoms with Crippen molar-refractivity contribution in [3.8, 4) is 0 Å². The van der Waals surface area contributed by atoms with E-state index in [1.54, 1.807) is 12.1 Å². The van der Waals surface area contributed by atoms with Crippen molar-refractivity contribution in [2.45, 2.75) is 6.54 Å². The van der Waals surface area contributed by atoms with Crippen LogP contribution < -0.4 is 21.7 Å². The molecule has 172 valence electrons. The number of para-hydroxylation sites is 1. The summed E-state index contributed by atoms with van der Waals surface area (Å²) in [5.41, 5.74) is 7.96. The van der Waals surface area contributed by atoms with Crippen molar-refractivity contribution in [2.75, 3.05) is 50.0 Å². The number of aromatic nitrogens is 2. The largest absolute Gasteiger partial charge is 0.379 e.